The Labute approximate surface area is 108 Å². The molecule has 0 unspecified atom stereocenters. The number of nitrogen functional groups attached to an aromatic ring is 1. The minimum Gasteiger partial charge on any atom is -0.382 e. The third-order valence-electron chi connectivity index (χ3n) is 2.96. The fraction of sp³-hybridized carbons (Fsp3) is 0.154. The van der Waals surface area contributed by atoms with Crippen LogP contribution in [-0.4, -0.2) is 19.5 Å². The summed E-state index contributed by atoms with van der Waals surface area (Å²) in [4.78, 5) is 12.6. The predicted octanol–water partition coefficient (Wildman–Crippen LogP) is 2.23. The van der Waals surface area contributed by atoms with Crippen molar-refractivity contribution in [1.82, 2.24) is 19.5 Å². The summed E-state index contributed by atoms with van der Waals surface area (Å²) in [5.41, 5.74) is 7.78. The van der Waals surface area contributed by atoms with Gasteiger partial charge in [-0.3, -0.25) is 0 Å². The molecule has 0 fully saturated rings. The fourth-order valence-electron chi connectivity index (χ4n) is 2.12. The lowest BCUT2D eigenvalue weighted by Gasteiger charge is -2.06. The van der Waals surface area contributed by atoms with Crippen LogP contribution in [0.5, 0.6) is 0 Å². The van der Waals surface area contributed by atoms with Gasteiger partial charge in [0, 0.05) is 25.0 Å². The van der Waals surface area contributed by atoms with Crippen LogP contribution in [0.25, 0.3) is 22.6 Å². The van der Waals surface area contributed by atoms with Gasteiger partial charge in [0.15, 0.2) is 11.6 Å². The van der Waals surface area contributed by atoms with Crippen molar-refractivity contribution in [1.29, 1.82) is 0 Å². The second kappa shape index (κ2) is 4.31. The van der Waals surface area contributed by atoms with Crippen molar-refractivity contribution in [3.8, 4) is 11.5 Å². The molecule has 2 heterocycles. The van der Waals surface area contributed by atoms with Gasteiger partial charge in [-0.2, -0.15) is 0 Å². The highest BCUT2D eigenvalue weighted by atomic mass is 19.1. The average Bonchev–Trinajstić information content (AvgIpc) is 2.76. The molecule has 1 aromatic carbocycles. The first kappa shape index (κ1) is 11.6. The molecule has 3 aromatic rings. The molecular weight excluding hydrogens is 245 g/mol. The molecular formula is C13H12FN5. The lowest BCUT2D eigenvalue weighted by molar-refractivity contribution is 0.629. The summed E-state index contributed by atoms with van der Waals surface area (Å²) in [5, 5.41) is 0. The van der Waals surface area contributed by atoms with Gasteiger partial charge in [0.25, 0.3) is 0 Å². The number of imidazole rings is 1. The predicted molar refractivity (Wildman–Crippen MR) is 70.8 cm³/mol. The standard InChI is InChI=1S/C13H12FN5/c1-2-19-10-4-3-8(14)7-9(10)18-13(19)11-12(15)17-6-5-16-11/h3-7H,2H2,1H3,(H2,15,17). The van der Waals surface area contributed by atoms with Gasteiger partial charge in [-0.25, -0.2) is 19.3 Å². The molecule has 0 spiro atoms. The monoisotopic (exact) mass is 257 g/mol. The molecule has 0 atom stereocenters. The molecule has 0 saturated heterocycles. The third-order valence-corrected chi connectivity index (χ3v) is 2.96. The summed E-state index contributed by atoms with van der Waals surface area (Å²) in [7, 11) is 0. The van der Waals surface area contributed by atoms with Gasteiger partial charge in [0.05, 0.1) is 11.0 Å². The molecule has 2 N–H and O–H groups in total. The number of nitrogens with two attached hydrogens (primary N) is 1. The topological polar surface area (TPSA) is 69.6 Å². The molecule has 19 heavy (non-hydrogen) atoms. The quantitative estimate of drug-likeness (QED) is 0.764. The number of rotatable bonds is 2. The van der Waals surface area contributed by atoms with Gasteiger partial charge in [-0.05, 0) is 19.1 Å². The van der Waals surface area contributed by atoms with E-state index >= 15 is 0 Å². The number of aromatic nitrogens is 4. The minimum atomic E-state index is -0.313. The SMILES string of the molecule is CCn1c(-c2nccnc2N)nc2cc(F)ccc21. The van der Waals surface area contributed by atoms with Crippen molar-refractivity contribution in [2.45, 2.75) is 13.5 Å². The van der Waals surface area contributed by atoms with E-state index in [0.29, 0.717) is 29.4 Å². The molecule has 96 valence electrons. The van der Waals surface area contributed by atoms with Crippen LogP contribution in [0.2, 0.25) is 0 Å². The Hall–Kier alpha value is -2.50. The minimum absolute atomic E-state index is 0.313. The van der Waals surface area contributed by atoms with Crippen LogP contribution in [0.4, 0.5) is 10.2 Å². The maximum atomic E-state index is 13.3. The van der Waals surface area contributed by atoms with Crippen molar-refractivity contribution in [3.05, 3.63) is 36.4 Å². The first-order valence-corrected chi connectivity index (χ1v) is 5.93. The Morgan fingerprint density at radius 1 is 1.26 bits per heavy atom. The van der Waals surface area contributed by atoms with Crippen molar-refractivity contribution in [2.75, 3.05) is 5.73 Å². The lowest BCUT2D eigenvalue weighted by Crippen LogP contribution is -2.03. The lowest BCUT2D eigenvalue weighted by atomic mass is 10.3. The smallest absolute Gasteiger partial charge is 0.163 e. The Kier molecular flexibility index (Phi) is 2.63. The molecule has 2 aromatic heterocycles. The number of hydrogen-bond acceptors (Lipinski definition) is 4. The summed E-state index contributed by atoms with van der Waals surface area (Å²) in [6.07, 6.45) is 3.09. The number of benzene rings is 1. The van der Waals surface area contributed by atoms with Gasteiger partial charge in [0.2, 0.25) is 0 Å². The summed E-state index contributed by atoms with van der Waals surface area (Å²) < 4.78 is 15.2. The van der Waals surface area contributed by atoms with Crippen LogP contribution >= 0.6 is 0 Å². The number of aryl methyl sites for hydroxylation is 1. The first-order chi connectivity index (χ1) is 9.20. The van der Waals surface area contributed by atoms with E-state index in [1.165, 1.54) is 18.3 Å². The van der Waals surface area contributed by atoms with E-state index in [1.807, 2.05) is 11.5 Å². The van der Waals surface area contributed by atoms with Gasteiger partial charge in [-0.1, -0.05) is 0 Å². The molecule has 0 aliphatic carbocycles. The van der Waals surface area contributed by atoms with Gasteiger partial charge in [-0.15, -0.1) is 0 Å². The first-order valence-electron chi connectivity index (χ1n) is 5.93. The Morgan fingerprint density at radius 2 is 2.05 bits per heavy atom. The third kappa shape index (κ3) is 1.81. The summed E-state index contributed by atoms with van der Waals surface area (Å²) in [6, 6.07) is 4.52. The van der Waals surface area contributed by atoms with Crippen LogP contribution in [0.15, 0.2) is 30.6 Å². The van der Waals surface area contributed by atoms with Crippen LogP contribution in [0.1, 0.15) is 6.92 Å². The zero-order chi connectivity index (χ0) is 13.4. The summed E-state index contributed by atoms with van der Waals surface area (Å²) in [6.45, 7) is 2.67. The van der Waals surface area contributed by atoms with E-state index in [4.69, 9.17) is 5.73 Å². The highest BCUT2D eigenvalue weighted by Gasteiger charge is 2.15. The number of nitrogens with zero attached hydrogens (tertiary/aromatic N) is 4. The van der Waals surface area contributed by atoms with Crippen molar-refractivity contribution in [3.63, 3.8) is 0 Å². The highest BCUT2D eigenvalue weighted by molar-refractivity contribution is 5.81. The van der Waals surface area contributed by atoms with E-state index < -0.39 is 0 Å². The van der Waals surface area contributed by atoms with E-state index in [-0.39, 0.29) is 5.82 Å². The molecule has 5 nitrogen and oxygen atoms in total. The maximum absolute atomic E-state index is 13.3. The highest BCUT2D eigenvalue weighted by Crippen LogP contribution is 2.26. The molecule has 3 rings (SSSR count). The van der Waals surface area contributed by atoms with Crippen LogP contribution < -0.4 is 5.73 Å². The number of halogens is 1. The van der Waals surface area contributed by atoms with Crippen LogP contribution in [0, 0.1) is 5.82 Å². The Bertz CT molecular complexity index is 750. The average molecular weight is 257 g/mol. The summed E-state index contributed by atoms with van der Waals surface area (Å²) in [5.74, 6) is 0.605. The van der Waals surface area contributed by atoms with Crippen molar-refractivity contribution >= 4 is 16.9 Å². The van der Waals surface area contributed by atoms with Crippen molar-refractivity contribution < 1.29 is 4.39 Å². The second-order valence-corrected chi connectivity index (χ2v) is 4.10. The van der Waals surface area contributed by atoms with Crippen LogP contribution in [0.3, 0.4) is 0 Å². The van der Waals surface area contributed by atoms with Gasteiger partial charge in [0.1, 0.15) is 11.5 Å². The largest absolute Gasteiger partial charge is 0.382 e. The van der Waals surface area contributed by atoms with E-state index in [9.17, 15) is 4.39 Å². The zero-order valence-electron chi connectivity index (χ0n) is 10.3. The Morgan fingerprint density at radius 3 is 2.79 bits per heavy atom. The molecule has 6 heteroatoms. The molecule has 0 saturated carbocycles. The molecule has 0 aliphatic rings. The second-order valence-electron chi connectivity index (χ2n) is 4.10. The van der Waals surface area contributed by atoms with Crippen molar-refractivity contribution in [2.24, 2.45) is 0 Å². The zero-order valence-corrected chi connectivity index (χ0v) is 10.3. The normalized spacial score (nSPS) is 11.1. The fourth-order valence-corrected chi connectivity index (χ4v) is 2.12. The van der Waals surface area contributed by atoms with Gasteiger partial charge < -0.3 is 10.3 Å². The number of fused-ring (bicyclic) bond motifs is 1. The van der Waals surface area contributed by atoms with Crippen LogP contribution in [-0.2, 0) is 6.54 Å². The molecule has 0 radical (unpaired) electrons. The van der Waals surface area contributed by atoms with E-state index in [0.717, 1.165) is 5.52 Å². The maximum Gasteiger partial charge on any atom is 0.163 e. The van der Waals surface area contributed by atoms with E-state index in [2.05, 4.69) is 15.0 Å². The molecule has 0 bridgehead atoms. The number of anilines is 1. The molecule has 0 amide bonds. The van der Waals surface area contributed by atoms with E-state index in [1.54, 1.807) is 12.3 Å². The Balaban J connectivity index is 2.32. The molecule has 0 aliphatic heterocycles. The van der Waals surface area contributed by atoms with Gasteiger partial charge >= 0.3 is 0 Å². The number of hydrogen-bond donors (Lipinski definition) is 1. The summed E-state index contributed by atoms with van der Waals surface area (Å²) >= 11 is 0.